The molecule has 0 aromatic carbocycles. The topological polar surface area (TPSA) is 15.0 Å². The highest BCUT2D eigenvalue weighted by atomic mass is 15.6. The number of hydrogen-bond donors (Lipinski definition) is 1. The fourth-order valence-corrected chi connectivity index (χ4v) is 0.560. The van der Waals surface area contributed by atoms with E-state index in [4.69, 9.17) is 0 Å². The molecule has 2 aliphatic rings. The molecular formula is C5H9N2. The number of nitrogens with zero attached hydrogens (tertiary/aromatic N) is 1. The van der Waals surface area contributed by atoms with Crippen LogP contribution in [0.15, 0.2) is 0 Å². The van der Waals surface area contributed by atoms with Crippen molar-refractivity contribution in [3.8, 4) is 0 Å². The molecule has 39 valence electrons. The average molecular weight is 97.1 g/mol. The second-order valence-electron chi connectivity index (χ2n) is 2.20. The Bertz CT molecular complexity index is 64.1. The summed E-state index contributed by atoms with van der Waals surface area (Å²) in [5, 5.41) is 2.22. The molecule has 7 heavy (non-hydrogen) atoms. The Balaban J connectivity index is 1.69. The minimum atomic E-state index is 1.25. The summed E-state index contributed by atoms with van der Waals surface area (Å²) >= 11 is 0. The lowest BCUT2D eigenvalue weighted by molar-refractivity contribution is 0.444. The lowest BCUT2D eigenvalue weighted by atomic mass is 10.8. The zero-order chi connectivity index (χ0) is 4.69. The number of rotatable bonds is 2. The van der Waals surface area contributed by atoms with Gasteiger partial charge in [0.05, 0.1) is 6.04 Å². The molecule has 2 nitrogen and oxygen atoms in total. The smallest absolute Gasteiger partial charge is 0.0522 e. The van der Waals surface area contributed by atoms with Crippen molar-refractivity contribution in [3.05, 3.63) is 6.04 Å². The monoisotopic (exact) mass is 97.1 g/mol. The molecule has 2 rings (SSSR count). The third kappa shape index (κ3) is 0.924. The van der Waals surface area contributed by atoms with E-state index in [1.54, 1.807) is 0 Å². The molecule has 1 aliphatic heterocycles. The molecule has 1 saturated heterocycles. The van der Waals surface area contributed by atoms with Crippen molar-refractivity contribution in [3.63, 3.8) is 0 Å². The van der Waals surface area contributed by atoms with Gasteiger partial charge in [0.15, 0.2) is 0 Å². The van der Waals surface area contributed by atoms with Crippen molar-refractivity contribution in [2.75, 3.05) is 13.1 Å². The van der Waals surface area contributed by atoms with Gasteiger partial charge in [-0.05, 0) is 12.8 Å². The maximum atomic E-state index is 3.28. The highest BCUT2D eigenvalue weighted by Gasteiger charge is 2.28. The van der Waals surface area contributed by atoms with Crippen molar-refractivity contribution in [1.82, 2.24) is 10.4 Å². The second kappa shape index (κ2) is 1.20. The van der Waals surface area contributed by atoms with Crippen LogP contribution < -0.4 is 5.43 Å². The van der Waals surface area contributed by atoms with Crippen LogP contribution in [0.1, 0.15) is 12.8 Å². The summed E-state index contributed by atoms with van der Waals surface area (Å²) in [5.74, 6) is 0. The van der Waals surface area contributed by atoms with Gasteiger partial charge in [-0.2, -0.15) is 0 Å². The lowest BCUT2D eigenvalue weighted by Crippen LogP contribution is -2.17. The van der Waals surface area contributed by atoms with Crippen LogP contribution in [-0.2, 0) is 0 Å². The fraction of sp³-hybridized carbons (Fsp3) is 0.800. The van der Waals surface area contributed by atoms with Gasteiger partial charge >= 0.3 is 0 Å². The fourth-order valence-electron chi connectivity index (χ4n) is 0.560. The molecule has 1 radical (unpaired) electrons. The molecule has 0 atom stereocenters. The Morgan fingerprint density at radius 1 is 1.29 bits per heavy atom. The standard InChI is InChI=1S/C5H9N2/c1-2-5(1)6-7-3-4-7/h6H,1-4H2. The van der Waals surface area contributed by atoms with Crippen LogP contribution >= 0.6 is 0 Å². The summed E-state index contributed by atoms with van der Waals surface area (Å²) in [6.45, 7) is 2.51. The zero-order valence-electron chi connectivity index (χ0n) is 4.28. The van der Waals surface area contributed by atoms with E-state index in [0.29, 0.717) is 0 Å². The van der Waals surface area contributed by atoms with Gasteiger partial charge in [-0.1, -0.05) is 0 Å². The molecule has 0 spiro atoms. The molecule has 2 heteroatoms. The van der Waals surface area contributed by atoms with E-state index in [0.717, 1.165) is 0 Å². The molecule has 0 aromatic heterocycles. The van der Waals surface area contributed by atoms with Gasteiger partial charge in [0.1, 0.15) is 0 Å². The van der Waals surface area contributed by atoms with Gasteiger partial charge < -0.3 is 0 Å². The van der Waals surface area contributed by atoms with Crippen LogP contribution in [0.4, 0.5) is 0 Å². The van der Waals surface area contributed by atoms with Crippen LogP contribution in [0.3, 0.4) is 0 Å². The minimum Gasteiger partial charge on any atom is -0.247 e. The molecule has 1 aliphatic carbocycles. The van der Waals surface area contributed by atoms with Gasteiger partial charge in [-0.25, -0.2) is 10.4 Å². The highest BCUT2D eigenvalue weighted by molar-refractivity contribution is 5.02. The Morgan fingerprint density at radius 3 is 2.43 bits per heavy atom. The Labute approximate surface area is 43.5 Å². The Hall–Kier alpha value is -0.0800. The summed E-state index contributed by atoms with van der Waals surface area (Å²) in [7, 11) is 0. The molecule has 1 N–H and O–H groups in total. The van der Waals surface area contributed by atoms with Crippen molar-refractivity contribution >= 4 is 0 Å². The minimum absolute atomic E-state index is 1.25. The maximum absolute atomic E-state index is 3.28. The molecule has 0 amide bonds. The summed E-state index contributed by atoms with van der Waals surface area (Å²) in [4.78, 5) is 0. The van der Waals surface area contributed by atoms with E-state index in [1.807, 2.05) is 0 Å². The quantitative estimate of drug-likeness (QED) is 0.493. The number of hydrazine groups is 1. The van der Waals surface area contributed by atoms with E-state index >= 15 is 0 Å². The predicted molar refractivity (Wildman–Crippen MR) is 27.2 cm³/mol. The maximum Gasteiger partial charge on any atom is 0.0522 e. The highest BCUT2D eigenvalue weighted by Crippen LogP contribution is 2.29. The Morgan fingerprint density at radius 2 is 2.00 bits per heavy atom. The van der Waals surface area contributed by atoms with Crippen LogP contribution in [0.5, 0.6) is 0 Å². The summed E-state index contributed by atoms with van der Waals surface area (Å²) in [5.41, 5.74) is 3.28. The summed E-state index contributed by atoms with van der Waals surface area (Å²) in [6, 6.07) is 1.53. The summed E-state index contributed by atoms with van der Waals surface area (Å²) in [6.07, 6.45) is 2.63. The first kappa shape index (κ1) is 3.87. The first-order valence-electron chi connectivity index (χ1n) is 2.81. The van der Waals surface area contributed by atoms with Gasteiger partial charge in [0.2, 0.25) is 0 Å². The second-order valence-corrected chi connectivity index (χ2v) is 2.20. The van der Waals surface area contributed by atoms with Crippen LogP contribution in [0.2, 0.25) is 0 Å². The van der Waals surface area contributed by atoms with E-state index in [1.165, 1.54) is 32.0 Å². The number of hydrogen-bond acceptors (Lipinski definition) is 2. The molecule has 0 unspecified atom stereocenters. The van der Waals surface area contributed by atoms with Crippen molar-refractivity contribution in [2.24, 2.45) is 0 Å². The van der Waals surface area contributed by atoms with Crippen LogP contribution in [0.25, 0.3) is 0 Å². The molecular weight excluding hydrogens is 88.1 g/mol. The molecule has 1 heterocycles. The van der Waals surface area contributed by atoms with Gasteiger partial charge in [0, 0.05) is 13.1 Å². The number of nitrogens with one attached hydrogen (secondary N) is 1. The molecule has 2 fully saturated rings. The summed E-state index contributed by atoms with van der Waals surface area (Å²) < 4.78 is 0. The Kier molecular flexibility index (Phi) is 0.664. The van der Waals surface area contributed by atoms with Gasteiger partial charge in [0.25, 0.3) is 0 Å². The molecule has 0 bridgehead atoms. The lowest BCUT2D eigenvalue weighted by Gasteiger charge is -1.96. The molecule has 0 aromatic rings. The molecule has 1 saturated carbocycles. The third-order valence-electron chi connectivity index (χ3n) is 1.26. The van der Waals surface area contributed by atoms with Crippen molar-refractivity contribution in [2.45, 2.75) is 12.8 Å². The van der Waals surface area contributed by atoms with Gasteiger partial charge in [-0.3, -0.25) is 0 Å². The first-order valence-corrected chi connectivity index (χ1v) is 2.81. The van der Waals surface area contributed by atoms with Crippen molar-refractivity contribution < 1.29 is 0 Å². The van der Waals surface area contributed by atoms with E-state index in [-0.39, 0.29) is 0 Å². The van der Waals surface area contributed by atoms with E-state index < -0.39 is 0 Å². The van der Waals surface area contributed by atoms with E-state index in [9.17, 15) is 0 Å². The largest absolute Gasteiger partial charge is 0.247 e. The SMILES string of the molecule is C1C[C]1NN1CC1. The predicted octanol–water partition coefficient (Wildman–Crippen LogP) is 0.132. The van der Waals surface area contributed by atoms with Crippen molar-refractivity contribution in [1.29, 1.82) is 0 Å². The normalized spacial score (nSPS) is 30.9. The van der Waals surface area contributed by atoms with Crippen LogP contribution in [0, 0.1) is 6.04 Å². The third-order valence-corrected chi connectivity index (χ3v) is 1.26. The van der Waals surface area contributed by atoms with Gasteiger partial charge in [-0.15, -0.1) is 0 Å². The zero-order valence-corrected chi connectivity index (χ0v) is 4.28. The van der Waals surface area contributed by atoms with Crippen LogP contribution in [-0.4, -0.2) is 18.1 Å². The average Bonchev–Trinajstić information content (AvgIpc) is 2.33. The van der Waals surface area contributed by atoms with E-state index in [2.05, 4.69) is 10.4 Å². The first-order chi connectivity index (χ1) is 3.45.